The van der Waals surface area contributed by atoms with Gasteiger partial charge in [0.25, 0.3) is 15.9 Å². The highest BCUT2D eigenvalue weighted by Crippen LogP contribution is 2.29. The van der Waals surface area contributed by atoms with Gasteiger partial charge in [-0.2, -0.15) is 0 Å². The number of carbonyl (C=O) groups excluding carboxylic acids is 1. The SMILES string of the molecule is Cc1ccccc1CNC(=O)c1ccc(NS(=O)(=O)c2ccc(O)c([N+](=O)[O-])c2)cc1. The van der Waals surface area contributed by atoms with E-state index >= 15 is 0 Å². The van der Waals surface area contributed by atoms with Crippen LogP contribution in [0.15, 0.2) is 71.6 Å². The molecule has 0 saturated heterocycles. The van der Waals surface area contributed by atoms with Crippen LogP contribution in [-0.4, -0.2) is 24.4 Å². The molecule has 0 saturated carbocycles. The highest BCUT2D eigenvalue weighted by atomic mass is 32.2. The van der Waals surface area contributed by atoms with E-state index in [4.69, 9.17) is 0 Å². The number of sulfonamides is 1. The summed E-state index contributed by atoms with van der Waals surface area (Å²) in [5.41, 5.74) is 1.84. The molecule has 0 atom stereocenters. The molecule has 31 heavy (non-hydrogen) atoms. The third-order valence-electron chi connectivity index (χ3n) is 4.55. The maximum atomic E-state index is 12.5. The van der Waals surface area contributed by atoms with Gasteiger partial charge in [0.1, 0.15) is 0 Å². The molecule has 0 unspecified atom stereocenters. The summed E-state index contributed by atoms with van der Waals surface area (Å²) >= 11 is 0. The van der Waals surface area contributed by atoms with E-state index in [1.807, 2.05) is 31.2 Å². The molecule has 0 aromatic heterocycles. The van der Waals surface area contributed by atoms with Gasteiger partial charge in [0.2, 0.25) is 0 Å². The molecule has 160 valence electrons. The minimum absolute atomic E-state index is 0.172. The number of anilines is 1. The lowest BCUT2D eigenvalue weighted by Crippen LogP contribution is -2.23. The van der Waals surface area contributed by atoms with Gasteiger partial charge in [-0.05, 0) is 54.4 Å². The van der Waals surface area contributed by atoms with Crippen molar-refractivity contribution in [2.75, 3.05) is 4.72 Å². The first kappa shape index (κ1) is 21.8. The van der Waals surface area contributed by atoms with Crippen molar-refractivity contribution in [3.63, 3.8) is 0 Å². The fraction of sp³-hybridized carbons (Fsp3) is 0.0952. The summed E-state index contributed by atoms with van der Waals surface area (Å²) in [6.07, 6.45) is 0. The number of rotatable bonds is 7. The molecule has 9 nitrogen and oxygen atoms in total. The highest BCUT2D eigenvalue weighted by Gasteiger charge is 2.21. The van der Waals surface area contributed by atoms with Gasteiger partial charge < -0.3 is 10.4 Å². The van der Waals surface area contributed by atoms with E-state index in [9.17, 15) is 28.4 Å². The molecule has 0 aliphatic carbocycles. The standard InChI is InChI=1S/C21H19N3O6S/c1-14-4-2-3-5-16(14)13-22-21(26)15-6-8-17(9-7-15)23-31(29,30)18-10-11-20(25)19(12-18)24(27)28/h2-12,23,25H,13H2,1H3,(H,22,26). The zero-order valence-electron chi connectivity index (χ0n) is 16.4. The fourth-order valence-electron chi connectivity index (χ4n) is 2.81. The minimum atomic E-state index is -4.14. The van der Waals surface area contributed by atoms with Gasteiger partial charge >= 0.3 is 5.69 Å². The molecular formula is C21H19N3O6S. The number of phenols is 1. The van der Waals surface area contributed by atoms with Crippen LogP contribution in [0, 0.1) is 17.0 Å². The van der Waals surface area contributed by atoms with Gasteiger partial charge in [-0.3, -0.25) is 19.6 Å². The molecule has 3 N–H and O–H groups in total. The largest absolute Gasteiger partial charge is 0.502 e. The van der Waals surface area contributed by atoms with Crippen molar-refractivity contribution in [1.29, 1.82) is 0 Å². The Morgan fingerprint density at radius 2 is 1.74 bits per heavy atom. The maximum Gasteiger partial charge on any atom is 0.312 e. The number of aromatic hydroxyl groups is 1. The highest BCUT2D eigenvalue weighted by molar-refractivity contribution is 7.92. The first-order valence-electron chi connectivity index (χ1n) is 9.10. The van der Waals surface area contributed by atoms with Crippen LogP contribution in [0.1, 0.15) is 21.5 Å². The molecule has 3 aromatic rings. The Morgan fingerprint density at radius 3 is 2.39 bits per heavy atom. The Hall–Kier alpha value is -3.92. The van der Waals surface area contributed by atoms with Crippen molar-refractivity contribution < 1.29 is 23.2 Å². The Balaban J connectivity index is 1.70. The van der Waals surface area contributed by atoms with Crippen LogP contribution in [-0.2, 0) is 16.6 Å². The van der Waals surface area contributed by atoms with Crippen LogP contribution in [0.2, 0.25) is 0 Å². The number of nitrogens with zero attached hydrogens (tertiary/aromatic N) is 1. The first-order chi connectivity index (χ1) is 14.7. The summed E-state index contributed by atoms with van der Waals surface area (Å²) in [6, 6.07) is 16.2. The number of hydrogen-bond donors (Lipinski definition) is 3. The molecule has 0 spiro atoms. The lowest BCUT2D eigenvalue weighted by molar-refractivity contribution is -0.386. The molecule has 1 amide bonds. The fourth-order valence-corrected chi connectivity index (χ4v) is 3.88. The topological polar surface area (TPSA) is 139 Å². The smallest absolute Gasteiger partial charge is 0.312 e. The zero-order valence-corrected chi connectivity index (χ0v) is 17.2. The van der Waals surface area contributed by atoms with Gasteiger partial charge in [0.15, 0.2) is 5.75 Å². The van der Waals surface area contributed by atoms with E-state index in [1.54, 1.807) is 0 Å². The van der Waals surface area contributed by atoms with E-state index in [2.05, 4.69) is 10.0 Å². The van der Waals surface area contributed by atoms with E-state index in [1.165, 1.54) is 24.3 Å². The number of carbonyl (C=O) groups is 1. The zero-order chi connectivity index (χ0) is 22.6. The van der Waals surface area contributed by atoms with Gasteiger partial charge in [0, 0.05) is 23.9 Å². The van der Waals surface area contributed by atoms with Crippen molar-refractivity contribution in [3.05, 3.63) is 93.5 Å². The monoisotopic (exact) mass is 441 g/mol. The number of amides is 1. The Bertz CT molecular complexity index is 1240. The average Bonchev–Trinajstić information content (AvgIpc) is 2.73. The van der Waals surface area contributed by atoms with E-state index in [0.29, 0.717) is 12.1 Å². The Labute approximate surface area is 178 Å². The molecule has 10 heteroatoms. The van der Waals surface area contributed by atoms with Crippen molar-refractivity contribution in [1.82, 2.24) is 5.32 Å². The number of phenolic OH excluding ortho intramolecular Hbond substituents is 1. The van der Waals surface area contributed by atoms with Crippen molar-refractivity contribution in [2.24, 2.45) is 0 Å². The molecule has 0 aliphatic rings. The molecule has 3 rings (SSSR count). The van der Waals surface area contributed by atoms with Gasteiger partial charge in [-0.15, -0.1) is 0 Å². The molecule has 0 radical (unpaired) electrons. The van der Waals surface area contributed by atoms with Crippen LogP contribution in [0.5, 0.6) is 5.75 Å². The third kappa shape index (κ3) is 5.17. The third-order valence-corrected chi connectivity index (χ3v) is 5.93. The predicted molar refractivity (Wildman–Crippen MR) is 114 cm³/mol. The van der Waals surface area contributed by atoms with Crippen LogP contribution in [0.3, 0.4) is 0 Å². The summed E-state index contributed by atoms with van der Waals surface area (Å²) in [5, 5.41) is 23.2. The summed E-state index contributed by atoms with van der Waals surface area (Å²) in [4.78, 5) is 22.0. The van der Waals surface area contributed by atoms with Gasteiger partial charge in [-0.1, -0.05) is 24.3 Å². The normalized spacial score (nSPS) is 11.0. The average molecular weight is 441 g/mol. The Morgan fingerprint density at radius 1 is 1.06 bits per heavy atom. The minimum Gasteiger partial charge on any atom is -0.502 e. The number of nitro groups is 1. The molecule has 0 fully saturated rings. The van der Waals surface area contributed by atoms with Crippen LogP contribution in [0.25, 0.3) is 0 Å². The number of nitro benzene ring substituents is 1. The number of hydrogen-bond acceptors (Lipinski definition) is 6. The maximum absolute atomic E-state index is 12.5. The lowest BCUT2D eigenvalue weighted by atomic mass is 10.1. The van der Waals surface area contributed by atoms with E-state index < -0.39 is 26.4 Å². The van der Waals surface area contributed by atoms with Crippen LogP contribution < -0.4 is 10.0 Å². The van der Waals surface area contributed by atoms with E-state index in [-0.39, 0.29) is 16.5 Å². The second kappa shape index (κ2) is 8.84. The quantitative estimate of drug-likeness (QED) is 0.380. The van der Waals surface area contributed by atoms with E-state index in [0.717, 1.165) is 29.3 Å². The van der Waals surface area contributed by atoms with Crippen LogP contribution >= 0.6 is 0 Å². The number of benzene rings is 3. The molecular weight excluding hydrogens is 422 g/mol. The molecule has 0 aliphatic heterocycles. The number of nitrogens with one attached hydrogen (secondary N) is 2. The second-order valence-corrected chi connectivity index (χ2v) is 8.38. The van der Waals surface area contributed by atoms with Gasteiger partial charge in [0.05, 0.1) is 9.82 Å². The lowest BCUT2D eigenvalue weighted by Gasteiger charge is -2.10. The first-order valence-corrected chi connectivity index (χ1v) is 10.6. The molecule has 3 aromatic carbocycles. The summed E-state index contributed by atoms with van der Waals surface area (Å²) in [6.45, 7) is 2.31. The second-order valence-electron chi connectivity index (χ2n) is 6.70. The van der Waals surface area contributed by atoms with Gasteiger partial charge in [-0.25, -0.2) is 8.42 Å². The van der Waals surface area contributed by atoms with Crippen LogP contribution in [0.4, 0.5) is 11.4 Å². The molecule has 0 heterocycles. The molecule has 0 bridgehead atoms. The van der Waals surface area contributed by atoms with Crippen molar-refractivity contribution >= 4 is 27.3 Å². The van der Waals surface area contributed by atoms with Crippen molar-refractivity contribution in [3.8, 4) is 5.75 Å². The summed E-state index contributed by atoms with van der Waals surface area (Å²) in [5.74, 6) is -0.947. The number of aryl methyl sites for hydroxylation is 1. The predicted octanol–water partition coefficient (Wildman–Crippen LogP) is 3.34. The summed E-state index contributed by atoms with van der Waals surface area (Å²) < 4.78 is 27.3. The Kier molecular flexibility index (Phi) is 6.21. The summed E-state index contributed by atoms with van der Waals surface area (Å²) in [7, 11) is -4.14. The van der Waals surface area contributed by atoms with Crippen molar-refractivity contribution in [2.45, 2.75) is 18.4 Å².